The second-order valence-corrected chi connectivity index (χ2v) is 4.52. The molecule has 0 aliphatic heterocycles. The van der Waals surface area contributed by atoms with Crippen LogP contribution in [-0.4, -0.2) is 24.0 Å². The molecule has 0 spiro atoms. The predicted molar refractivity (Wildman–Crippen MR) is 66.5 cm³/mol. The first-order valence-corrected chi connectivity index (χ1v) is 5.70. The van der Waals surface area contributed by atoms with Crippen LogP contribution < -0.4 is 0 Å². The molecular formula is C13H11ClO4. The van der Waals surface area contributed by atoms with Crippen molar-refractivity contribution >= 4 is 28.9 Å². The fraction of sp³-hybridized carbons (Fsp3) is 0.231. The first-order valence-electron chi connectivity index (χ1n) is 5.33. The van der Waals surface area contributed by atoms with Gasteiger partial charge in [0.25, 0.3) is 5.78 Å². The number of phenolic OH excluding ortho intramolecular Hbond substituents is 1. The zero-order valence-electron chi connectivity index (χ0n) is 9.86. The number of halogens is 1. The highest BCUT2D eigenvalue weighted by molar-refractivity contribution is 6.52. The Morgan fingerprint density at radius 1 is 1.39 bits per heavy atom. The largest absolute Gasteiger partial charge is 0.507 e. The Labute approximate surface area is 109 Å². The Balaban J connectivity index is 2.54. The van der Waals surface area contributed by atoms with Crippen LogP contribution in [0.3, 0.4) is 0 Å². The summed E-state index contributed by atoms with van der Waals surface area (Å²) in [5.41, 5.74) is 1.26. The van der Waals surface area contributed by atoms with Gasteiger partial charge in [-0.25, -0.2) is 4.79 Å². The van der Waals surface area contributed by atoms with Gasteiger partial charge in [0.1, 0.15) is 5.75 Å². The SMILES string of the molecule is COC(=O)C(=O)C1=CC(C)c2cc(Cl)cc(O)c21. The second kappa shape index (κ2) is 4.46. The molecular weight excluding hydrogens is 256 g/mol. The molecule has 1 aromatic rings. The number of hydrogen-bond acceptors (Lipinski definition) is 4. The zero-order valence-corrected chi connectivity index (χ0v) is 10.6. The number of esters is 1. The smallest absolute Gasteiger partial charge is 0.379 e. The average molecular weight is 267 g/mol. The number of Topliss-reactive ketones (excluding diaryl/α,β-unsaturated/α-hetero) is 1. The van der Waals surface area contributed by atoms with Crippen LogP contribution in [0.2, 0.25) is 5.02 Å². The molecule has 0 bridgehead atoms. The zero-order chi connectivity index (χ0) is 13.4. The minimum atomic E-state index is -0.948. The molecule has 1 N–H and O–H groups in total. The molecule has 0 saturated heterocycles. The molecule has 0 aromatic heterocycles. The number of ether oxygens (including phenoxy) is 1. The van der Waals surface area contributed by atoms with E-state index in [4.69, 9.17) is 11.6 Å². The van der Waals surface area contributed by atoms with Gasteiger partial charge < -0.3 is 9.84 Å². The van der Waals surface area contributed by atoms with E-state index in [1.807, 2.05) is 6.92 Å². The van der Waals surface area contributed by atoms with Crippen molar-refractivity contribution in [2.24, 2.45) is 0 Å². The standard InChI is InChI=1S/C13H11ClO4/c1-6-3-9(12(16)13(17)18-2)11-8(6)4-7(14)5-10(11)15/h3-6,15H,1-2H3. The third-order valence-electron chi connectivity index (χ3n) is 2.90. The van der Waals surface area contributed by atoms with Crippen molar-refractivity contribution < 1.29 is 19.4 Å². The van der Waals surface area contributed by atoms with E-state index < -0.39 is 11.8 Å². The summed E-state index contributed by atoms with van der Waals surface area (Å²) in [4.78, 5) is 23.1. The molecule has 4 nitrogen and oxygen atoms in total. The van der Waals surface area contributed by atoms with E-state index in [-0.39, 0.29) is 17.2 Å². The molecule has 0 saturated carbocycles. The summed E-state index contributed by atoms with van der Waals surface area (Å²) in [6, 6.07) is 3.02. The van der Waals surface area contributed by atoms with Crippen LogP contribution in [0, 0.1) is 0 Å². The molecule has 0 radical (unpaired) electrons. The van der Waals surface area contributed by atoms with Crippen molar-refractivity contribution in [1.29, 1.82) is 0 Å². The highest BCUT2D eigenvalue weighted by atomic mass is 35.5. The molecule has 94 valence electrons. The van der Waals surface area contributed by atoms with E-state index in [2.05, 4.69) is 4.74 Å². The number of carbonyl (C=O) groups excluding carboxylic acids is 2. The van der Waals surface area contributed by atoms with Crippen LogP contribution in [-0.2, 0) is 14.3 Å². The molecule has 2 rings (SSSR count). The summed E-state index contributed by atoms with van der Waals surface area (Å²) < 4.78 is 4.40. The third kappa shape index (κ3) is 1.88. The molecule has 1 aliphatic rings. The van der Waals surface area contributed by atoms with E-state index in [1.165, 1.54) is 6.07 Å². The maximum Gasteiger partial charge on any atom is 0.379 e. The lowest BCUT2D eigenvalue weighted by Gasteiger charge is -2.08. The van der Waals surface area contributed by atoms with Crippen LogP contribution in [0.1, 0.15) is 24.0 Å². The minimum Gasteiger partial charge on any atom is -0.507 e. The Hall–Kier alpha value is -1.81. The van der Waals surface area contributed by atoms with E-state index in [0.717, 1.165) is 12.7 Å². The quantitative estimate of drug-likeness (QED) is 0.659. The monoisotopic (exact) mass is 266 g/mol. The maximum atomic E-state index is 11.8. The minimum absolute atomic E-state index is 0.0896. The maximum absolute atomic E-state index is 11.8. The van der Waals surface area contributed by atoms with E-state index in [0.29, 0.717) is 10.6 Å². The van der Waals surface area contributed by atoms with Crippen molar-refractivity contribution in [2.75, 3.05) is 7.11 Å². The van der Waals surface area contributed by atoms with Crippen LogP contribution in [0.5, 0.6) is 5.75 Å². The molecule has 1 atom stereocenters. The fourth-order valence-corrected chi connectivity index (χ4v) is 2.30. The highest BCUT2D eigenvalue weighted by Gasteiger charge is 2.31. The van der Waals surface area contributed by atoms with Gasteiger partial charge in [0.2, 0.25) is 0 Å². The molecule has 0 fully saturated rings. The van der Waals surface area contributed by atoms with E-state index >= 15 is 0 Å². The third-order valence-corrected chi connectivity index (χ3v) is 3.12. The van der Waals surface area contributed by atoms with Crippen molar-refractivity contribution in [3.05, 3.63) is 34.4 Å². The average Bonchev–Trinajstić information content (AvgIpc) is 2.65. The summed E-state index contributed by atoms with van der Waals surface area (Å²) in [5, 5.41) is 10.3. The van der Waals surface area contributed by atoms with Gasteiger partial charge >= 0.3 is 5.97 Å². The molecule has 0 heterocycles. The van der Waals surface area contributed by atoms with Crippen LogP contribution in [0.25, 0.3) is 5.57 Å². The summed E-state index contributed by atoms with van der Waals surface area (Å²) in [5.74, 6) is -1.91. The van der Waals surface area contributed by atoms with E-state index in [1.54, 1.807) is 12.1 Å². The number of hydrogen-bond donors (Lipinski definition) is 1. The molecule has 1 aromatic carbocycles. The summed E-state index contributed by atoms with van der Waals surface area (Å²) in [7, 11) is 1.14. The number of ketones is 1. The number of methoxy groups -OCH3 is 1. The number of carbonyl (C=O) groups is 2. The van der Waals surface area contributed by atoms with Crippen LogP contribution in [0.15, 0.2) is 18.2 Å². The van der Waals surface area contributed by atoms with Crippen molar-refractivity contribution in [1.82, 2.24) is 0 Å². The Kier molecular flexibility index (Phi) is 3.13. The predicted octanol–water partition coefficient (Wildman–Crippen LogP) is 2.29. The van der Waals surface area contributed by atoms with E-state index in [9.17, 15) is 14.7 Å². The van der Waals surface area contributed by atoms with Crippen molar-refractivity contribution in [3.8, 4) is 5.75 Å². The lowest BCUT2D eigenvalue weighted by Crippen LogP contribution is -2.16. The lowest BCUT2D eigenvalue weighted by atomic mass is 9.99. The number of benzene rings is 1. The fourth-order valence-electron chi connectivity index (χ4n) is 2.08. The van der Waals surface area contributed by atoms with Crippen LogP contribution >= 0.6 is 11.6 Å². The van der Waals surface area contributed by atoms with Gasteiger partial charge in [0.15, 0.2) is 0 Å². The molecule has 18 heavy (non-hydrogen) atoms. The van der Waals surface area contributed by atoms with Gasteiger partial charge in [-0.05, 0) is 17.7 Å². The molecule has 0 amide bonds. The normalized spacial score (nSPS) is 17.1. The first-order chi connectivity index (χ1) is 8.45. The van der Waals surface area contributed by atoms with Crippen LogP contribution in [0.4, 0.5) is 0 Å². The number of phenols is 1. The lowest BCUT2D eigenvalue weighted by molar-refractivity contribution is -0.148. The Bertz CT molecular complexity index is 575. The summed E-state index contributed by atoms with van der Waals surface area (Å²) in [6.07, 6.45) is 1.62. The first kappa shape index (κ1) is 12.6. The summed E-state index contributed by atoms with van der Waals surface area (Å²) >= 11 is 5.85. The van der Waals surface area contributed by atoms with Gasteiger partial charge in [-0.2, -0.15) is 0 Å². The second-order valence-electron chi connectivity index (χ2n) is 4.08. The van der Waals surface area contributed by atoms with Gasteiger partial charge in [-0.3, -0.25) is 4.79 Å². The number of rotatable bonds is 2. The number of fused-ring (bicyclic) bond motifs is 1. The molecule has 1 unspecified atom stereocenters. The Morgan fingerprint density at radius 2 is 2.06 bits per heavy atom. The molecule has 5 heteroatoms. The Morgan fingerprint density at radius 3 is 2.67 bits per heavy atom. The van der Waals surface area contributed by atoms with Gasteiger partial charge in [0.05, 0.1) is 7.11 Å². The number of allylic oxidation sites excluding steroid dienone is 1. The van der Waals surface area contributed by atoms with Gasteiger partial charge in [-0.1, -0.05) is 24.6 Å². The number of aromatic hydroxyl groups is 1. The van der Waals surface area contributed by atoms with Crippen molar-refractivity contribution in [3.63, 3.8) is 0 Å². The topological polar surface area (TPSA) is 63.6 Å². The summed E-state index contributed by atoms with van der Waals surface area (Å²) in [6.45, 7) is 1.85. The highest BCUT2D eigenvalue weighted by Crippen LogP contribution is 2.42. The van der Waals surface area contributed by atoms with Gasteiger partial charge in [-0.15, -0.1) is 0 Å². The van der Waals surface area contributed by atoms with Gasteiger partial charge in [0, 0.05) is 22.1 Å². The molecule has 1 aliphatic carbocycles. The van der Waals surface area contributed by atoms with Crippen molar-refractivity contribution in [2.45, 2.75) is 12.8 Å².